The van der Waals surface area contributed by atoms with Crippen LogP contribution in [0.15, 0.2) is 24.3 Å². The fraction of sp³-hybridized carbons (Fsp3) is 0.455. The Morgan fingerprint density at radius 2 is 1.50 bits per heavy atom. The summed E-state index contributed by atoms with van der Waals surface area (Å²) in [4.78, 5) is 2.29. The number of alkyl halides is 1. The van der Waals surface area contributed by atoms with E-state index >= 15 is 0 Å². The second-order valence-corrected chi connectivity index (χ2v) is 5.09. The molecule has 102 valence electrons. The van der Waals surface area contributed by atoms with E-state index in [0.717, 1.165) is 25.9 Å². The van der Waals surface area contributed by atoms with Crippen LogP contribution in [0.5, 0.6) is 0 Å². The van der Waals surface area contributed by atoms with Gasteiger partial charge in [-0.2, -0.15) is 8.42 Å². The van der Waals surface area contributed by atoms with Crippen molar-refractivity contribution in [2.45, 2.75) is 12.8 Å². The molecule has 18 heavy (non-hydrogen) atoms. The first-order chi connectivity index (χ1) is 8.40. The quantitative estimate of drug-likeness (QED) is 0.467. The maximum atomic E-state index is 8.74. The van der Waals surface area contributed by atoms with Gasteiger partial charge < -0.3 is 0 Å². The first-order valence-corrected chi connectivity index (χ1v) is 7.38. The summed E-state index contributed by atoms with van der Waals surface area (Å²) < 4.78 is 31.6. The molecule has 0 spiro atoms. The van der Waals surface area contributed by atoms with Crippen molar-refractivity contribution in [3.63, 3.8) is 0 Å². The summed E-state index contributed by atoms with van der Waals surface area (Å²) in [5.74, 6) is 0. The number of fused-ring (bicyclic) bond motifs is 1. The van der Waals surface area contributed by atoms with E-state index in [0.29, 0.717) is 6.00 Å². The Bertz CT molecular complexity index is 443. The van der Waals surface area contributed by atoms with Crippen molar-refractivity contribution in [2.24, 2.45) is 0 Å². The zero-order valence-corrected chi connectivity index (χ0v) is 11.4. The molecule has 1 heterocycles. The molecule has 0 amide bonds. The Labute approximate surface area is 112 Å². The van der Waals surface area contributed by atoms with E-state index in [9.17, 15) is 0 Å². The molecule has 0 atom stereocenters. The van der Waals surface area contributed by atoms with Gasteiger partial charge in [-0.1, -0.05) is 24.3 Å². The van der Waals surface area contributed by atoms with Crippen molar-refractivity contribution in [3.05, 3.63) is 35.4 Å². The average molecular weight is 294 g/mol. The molecular weight excluding hydrogens is 278 g/mol. The lowest BCUT2D eigenvalue weighted by molar-refractivity contribution is 0.335. The average Bonchev–Trinajstić information content (AvgIpc) is 2.49. The molecule has 0 bridgehead atoms. The molecule has 1 aliphatic rings. The number of nitrogens with zero attached hydrogens (tertiary/aromatic N) is 1. The van der Waals surface area contributed by atoms with Crippen molar-refractivity contribution in [2.75, 3.05) is 19.1 Å². The van der Waals surface area contributed by atoms with Crippen LogP contribution in [0, 0.1) is 0 Å². The lowest BCUT2D eigenvalue weighted by Crippen LogP contribution is -2.24. The fourth-order valence-corrected chi connectivity index (χ4v) is 2.07. The molecule has 1 aromatic rings. The number of hydrogen-bond acceptors (Lipinski definition) is 3. The fourth-order valence-electron chi connectivity index (χ4n) is 1.83. The Morgan fingerprint density at radius 1 is 1.11 bits per heavy atom. The second-order valence-electron chi connectivity index (χ2n) is 3.95. The molecule has 1 aromatic carbocycles. The van der Waals surface area contributed by atoms with Gasteiger partial charge in [-0.3, -0.25) is 14.0 Å². The molecule has 0 aromatic heterocycles. The van der Waals surface area contributed by atoms with E-state index in [1.165, 1.54) is 11.1 Å². The minimum atomic E-state index is -4.67. The molecule has 0 saturated carbocycles. The van der Waals surface area contributed by atoms with E-state index < -0.39 is 10.4 Å². The van der Waals surface area contributed by atoms with Gasteiger partial charge in [0.2, 0.25) is 0 Å². The molecule has 0 unspecified atom stereocenters. The van der Waals surface area contributed by atoms with E-state index in [1.807, 2.05) is 0 Å². The minimum absolute atomic E-state index is 0.661. The molecule has 2 N–H and O–H groups in total. The summed E-state index contributed by atoms with van der Waals surface area (Å²) in [5.41, 5.74) is 2.99. The molecule has 1 aliphatic heterocycles. The highest BCUT2D eigenvalue weighted by atomic mass is 35.5. The number of hydrogen-bond donors (Lipinski definition) is 2. The van der Waals surface area contributed by atoms with Gasteiger partial charge >= 0.3 is 10.4 Å². The smallest absolute Gasteiger partial charge is 0.289 e. The number of rotatable bonds is 1. The predicted molar refractivity (Wildman–Crippen MR) is 70.3 cm³/mol. The van der Waals surface area contributed by atoms with Crippen LogP contribution in [0.4, 0.5) is 0 Å². The van der Waals surface area contributed by atoms with Crippen LogP contribution >= 0.6 is 11.6 Å². The molecule has 2 rings (SSSR count). The summed E-state index contributed by atoms with van der Waals surface area (Å²) in [6.07, 6.45) is 2.28. The topological polar surface area (TPSA) is 77.8 Å². The molecule has 7 heteroatoms. The Hall–Kier alpha value is -0.660. The van der Waals surface area contributed by atoms with Gasteiger partial charge in [0.15, 0.2) is 0 Å². The lowest BCUT2D eigenvalue weighted by Gasteiger charge is -2.14. The number of halogens is 1. The van der Waals surface area contributed by atoms with Gasteiger partial charge in [0.1, 0.15) is 0 Å². The van der Waals surface area contributed by atoms with Crippen LogP contribution in [0.2, 0.25) is 0 Å². The Balaban J connectivity index is 0.000000280. The summed E-state index contributed by atoms with van der Waals surface area (Å²) in [6, 6.07) is 9.36. The van der Waals surface area contributed by atoms with Crippen molar-refractivity contribution < 1.29 is 17.5 Å². The molecule has 0 saturated heterocycles. The predicted octanol–water partition coefficient (Wildman–Crippen LogP) is 1.63. The zero-order chi connectivity index (χ0) is 13.6. The zero-order valence-electron chi connectivity index (χ0n) is 9.79. The SMILES string of the molecule is ClCN1CCc2ccccc2CC1.O=S(=O)(O)O. The second kappa shape index (κ2) is 7.06. The first kappa shape index (κ1) is 15.4. The van der Waals surface area contributed by atoms with Gasteiger partial charge in [-0.25, -0.2) is 0 Å². The van der Waals surface area contributed by atoms with E-state index in [2.05, 4.69) is 29.2 Å². The van der Waals surface area contributed by atoms with Crippen molar-refractivity contribution >= 4 is 22.0 Å². The molecule has 5 nitrogen and oxygen atoms in total. The third kappa shape index (κ3) is 6.32. The monoisotopic (exact) mass is 293 g/mol. The van der Waals surface area contributed by atoms with Gasteiger partial charge in [0.25, 0.3) is 0 Å². The van der Waals surface area contributed by atoms with Crippen LogP contribution < -0.4 is 0 Å². The summed E-state index contributed by atoms with van der Waals surface area (Å²) in [7, 11) is -4.67. The van der Waals surface area contributed by atoms with E-state index in [1.54, 1.807) is 0 Å². The third-order valence-electron chi connectivity index (χ3n) is 2.68. The van der Waals surface area contributed by atoms with E-state index in [4.69, 9.17) is 29.1 Å². The van der Waals surface area contributed by atoms with Gasteiger partial charge in [-0.15, -0.1) is 11.6 Å². The molecular formula is C11H16ClNO4S. The molecule has 0 radical (unpaired) electrons. The highest BCUT2D eigenvalue weighted by Gasteiger charge is 2.11. The first-order valence-electron chi connectivity index (χ1n) is 5.45. The van der Waals surface area contributed by atoms with Crippen molar-refractivity contribution in [1.82, 2.24) is 4.90 Å². The highest BCUT2D eigenvalue weighted by Crippen LogP contribution is 2.15. The summed E-state index contributed by atoms with van der Waals surface area (Å²) >= 11 is 5.82. The van der Waals surface area contributed by atoms with Crippen LogP contribution in [0.25, 0.3) is 0 Å². The van der Waals surface area contributed by atoms with Gasteiger partial charge in [0, 0.05) is 13.1 Å². The lowest BCUT2D eigenvalue weighted by atomic mass is 10.0. The van der Waals surface area contributed by atoms with Crippen molar-refractivity contribution in [1.29, 1.82) is 0 Å². The Kier molecular flexibility index (Phi) is 6.04. The van der Waals surface area contributed by atoms with Crippen molar-refractivity contribution in [3.8, 4) is 0 Å². The summed E-state index contributed by atoms with van der Waals surface area (Å²) in [5, 5.41) is 0. The third-order valence-corrected chi connectivity index (χ3v) is 3.02. The Morgan fingerprint density at radius 3 is 1.83 bits per heavy atom. The summed E-state index contributed by atoms with van der Waals surface area (Å²) in [6.45, 7) is 2.20. The number of benzene rings is 1. The largest absolute Gasteiger partial charge is 0.394 e. The van der Waals surface area contributed by atoms with Crippen LogP contribution in [-0.4, -0.2) is 41.5 Å². The van der Waals surface area contributed by atoms with E-state index in [-0.39, 0.29) is 0 Å². The van der Waals surface area contributed by atoms with Crippen LogP contribution in [0.3, 0.4) is 0 Å². The maximum Gasteiger partial charge on any atom is 0.394 e. The normalized spacial score (nSPS) is 16.2. The highest BCUT2D eigenvalue weighted by molar-refractivity contribution is 7.79. The van der Waals surface area contributed by atoms with Gasteiger partial charge in [0.05, 0.1) is 6.00 Å². The van der Waals surface area contributed by atoms with Crippen LogP contribution in [0.1, 0.15) is 11.1 Å². The van der Waals surface area contributed by atoms with Crippen LogP contribution in [-0.2, 0) is 23.2 Å². The molecule has 0 fully saturated rings. The molecule has 0 aliphatic carbocycles. The standard InChI is InChI=1S/C11H14ClN.H2O4S/c12-9-13-7-5-10-3-1-2-4-11(10)6-8-13;1-5(2,3)4/h1-4H,5-9H2;(H2,1,2,3,4). The van der Waals surface area contributed by atoms with Gasteiger partial charge in [-0.05, 0) is 24.0 Å². The minimum Gasteiger partial charge on any atom is -0.289 e. The maximum absolute atomic E-state index is 8.74.